The zero-order chi connectivity index (χ0) is 20.1. The van der Waals surface area contributed by atoms with E-state index in [4.69, 9.17) is 0 Å². The Bertz CT molecular complexity index is 1060. The Labute approximate surface area is 165 Å². The number of fused-ring (bicyclic) bond motifs is 1. The van der Waals surface area contributed by atoms with E-state index in [9.17, 15) is 13.2 Å². The van der Waals surface area contributed by atoms with E-state index in [2.05, 4.69) is 10.3 Å². The molecule has 1 heterocycles. The summed E-state index contributed by atoms with van der Waals surface area (Å²) >= 11 is 0. The van der Waals surface area contributed by atoms with Crippen molar-refractivity contribution >= 4 is 32.5 Å². The van der Waals surface area contributed by atoms with Gasteiger partial charge in [0.25, 0.3) is 0 Å². The SMILES string of the molecule is Cc1ccc(NC(=O)CCN(CCc2c[nH]c3ccccc23)S(C)(=O)=O)cc1. The number of nitrogens with one attached hydrogen (secondary N) is 2. The maximum Gasteiger partial charge on any atom is 0.225 e. The minimum Gasteiger partial charge on any atom is -0.361 e. The van der Waals surface area contributed by atoms with Crippen LogP contribution in [0.2, 0.25) is 0 Å². The number of nitrogens with zero attached hydrogens (tertiary/aromatic N) is 1. The molecule has 0 bridgehead atoms. The minimum atomic E-state index is -3.40. The predicted octanol–water partition coefficient (Wildman–Crippen LogP) is 3.31. The van der Waals surface area contributed by atoms with Gasteiger partial charge in [-0.3, -0.25) is 4.79 Å². The van der Waals surface area contributed by atoms with Crippen molar-refractivity contribution in [2.75, 3.05) is 24.7 Å². The molecule has 6 nitrogen and oxygen atoms in total. The number of hydrogen-bond donors (Lipinski definition) is 2. The third kappa shape index (κ3) is 5.21. The first-order valence-corrected chi connectivity index (χ1v) is 11.0. The Morgan fingerprint density at radius 2 is 1.79 bits per heavy atom. The molecule has 0 aliphatic carbocycles. The molecule has 3 aromatic rings. The van der Waals surface area contributed by atoms with Gasteiger partial charge in [-0.15, -0.1) is 0 Å². The molecule has 0 aliphatic heterocycles. The van der Waals surface area contributed by atoms with Crippen molar-refractivity contribution in [1.82, 2.24) is 9.29 Å². The fourth-order valence-electron chi connectivity index (χ4n) is 3.11. The maximum atomic E-state index is 12.2. The van der Waals surface area contributed by atoms with E-state index in [0.717, 1.165) is 22.0 Å². The normalized spacial score (nSPS) is 11.8. The molecule has 0 aliphatic rings. The van der Waals surface area contributed by atoms with Crippen LogP contribution in [0.1, 0.15) is 17.5 Å². The number of aromatic amines is 1. The topological polar surface area (TPSA) is 82.3 Å². The summed E-state index contributed by atoms with van der Waals surface area (Å²) in [6, 6.07) is 15.4. The second kappa shape index (κ2) is 8.58. The number of aryl methyl sites for hydroxylation is 1. The van der Waals surface area contributed by atoms with Gasteiger partial charge < -0.3 is 10.3 Å². The lowest BCUT2D eigenvalue weighted by Gasteiger charge is -2.19. The molecule has 0 fully saturated rings. The van der Waals surface area contributed by atoms with Crippen molar-refractivity contribution in [3.8, 4) is 0 Å². The summed E-state index contributed by atoms with van der Waals surface area (Å²) in [7, 11) is -3.40. The van der Waals surface area contributed by atoms with Gasteiger partial charge in [-0.05, 0) is 37.1 Å². The second-order valence-corrected chi connectivity index (χ2v) is 8.92. The summed E-state index contributed by atoms with van der Waals surface area (Å²) in [5, 5.41) is 3.90. The molecule has 0 atom stereocenters. The van der Waals surface area contributed by atoms with Crippen LogP contribution in [0.25, 0.3) is 10.9 Å². The van der Waals surface area contributed by atoms with E-state index in [1.54, 1.807) is 0 Å². The maximum absolute atomic E-state index is 12.2. The van der Waals surface area contributed by atoms with Crippen LogP contribution in [0.3, 0.4) is 0 Å². The number of carbonyl (C=O) groups is 1. The Morgan fingerprint density at radius 1 is 1.07 bits per heavy atom. The highest BCUT2D eigenvalue weighted by atomic mass is 32.2. The number of sulfonamides is 1. The third-order valence-electron chi connectivity index (χ3n) is 4.70. The summed E-state index contributed by atoms with van der Waals surface area (Å²) in [6.07, 6.45) is 3.78. The van der Waals surface area contributed by atoms with Gasteiger partial charge in [-0.2, -0.15) is 0 Å². The van der Waals surface area contributed by atoms with Crippen LogP contribution in [0.4, 0.5) is 5.69 Å². The number of carbonyl (C=O) groups excluding carboxylic acids is 1. The summed E-state index contributed by atoms with van der Waals surface area (Å²) in [5.74, 6) is -0.204. The lowest BCUT2D eigenvalue weighted by molar-refractivity contribution is -0.116. The standard InChI is InChI=1S/C21H25N3O3S/c1-16-7-9-18(10-8-16)23-21(25)12-14-24(28(2,26)27)13-11-17-15-22-20-6-4-3-5-19(17)20/h3-10,15,22H,11-14H2,1-2H3,(H,23,25). The van der Waals surface area contributed by atoms with Crippen molar-refractivity contribution in [2.45, 2.75) is 19.8 Å². The highest BCUT2D eigenvalue weighted by molar-refractivity contribution is 7.88. The number of rotatable bonds is 8. The number of amides is 1. The van der Waals surface area contributed by atoms with Crippen LogP contribution in [0.15, 0.2) is 54.7 Å². The molecular formula is C21H25N3O3S. The van der Waals surface area contributed by atoms with Gasteiger partial charge in [0.2, 0.25) is 15.9 Å². The van der Waals surface area contributed by atoms with Gasteiger partial charge in [0.1, 0.15) is 0 Å². The van der Waals surface area contributed by atoms with E-state index < -0.39 is 10.0 Å². The lowest BCUT2D eigenvalue weighted by atomic mass is 10.1. The molecule has 0 saturated heterocycles. The van der Waals surface area contributed by atoms with Crippen molar-refractivity contribution in [3.05, 3.63) is 65.9 Å². The van der Waals surface area contributed by atoms with Crippen LogP contribution in [0.5, 0.6) is 0 Å². The highest BCUT2D eigenvalue weighted by Crippen LogP contribution is 2.19. The second-order valence-electron chi connectivity index (χ2n) is 6.94. The largest absolute Gasteiger partial charge is 0.361 e. The average Bonchev–Trinajstić information content (AvgIpc) is 3.06. The first-order chi connectivity index (χ1) is 13.3. The Morgan fingerprint density at radius 3 is 2.50 bits per heavy atom. The fraction of sp³-hybridized carbons (Fsp3) is 0.286. The smallest absolute Gasteiger partial charge is 0.225 e. The van der Waals surface area contributed by atoms with E-state index >= 15 is 0 Å². The summed E-state index contributed by atoms with van der Waals surface area (Å²) < 4.78 is 25.7. The van der Waals surface area contributed by atoms with Crippen molar-refractivity contribution < 1.29 is 13.2 Å². The zero-order valence-corrected chi connectivity index (χ0v) is 16.9. The summed E-state index contributed by atoms with van der Waals surface area (Å²) in [4.78, 5) is 15.4. The Kier molecular flexibility index (Phi) is 6.16. The van der Waals surface area contributed by atoms with E-state index in [1.165, 1.54) is 10.6 Å². The highest BCUT2D eigenvalue weighted by Gasteiger charge is 2.18. The molecule has 0 unspecified atom stereocenters. The molecule has 28 heavy (non-hydrogen) atoms. The average molecular weight is 400 g/mol. The van der Waals surface area contributed by atoms with Gasteiger partial charge in [0, 0.05) is 42.3 Å². The number of anilines is 1. The zero-order valence-electron chi connectivity index (χ0n) is 16.1. The van der Waals surface area contributed by atoms with E-state index in [0.29, 0.717) is 18.7 Å². The number of benzene rings is 2. The predicted molar refractivity (Wildman–Crippen MR) is 113 cm³/mol. The van der Waals surface area contributed by atoms with Crippen LogP contribution >= 0.6 is 0 Å². The van der Waals surface area contributed by atoms with Gasteiger partial charge >= 0.3 is 0 Å². The first kappa shape index (κ1) is 20.1. The van der Waals surface area contributed by atoms with Gasteiger partial charge in [0.05, 0.1) is 6.26 Å². The number of H-pyrrole nitrogens is 1. The Hall–Kier alpha value is -2.64. The molecule has 1 aromatic heterocycles. The Balaban J connectivity index is 1.59. The minimum absolute atomic E-state index is 0.106. The molecule has 7 heteroatoms. The van der Waals surface area contributed by atoms with E-state index in [1.807, 2.05) is 61.7 Å². The molecule has 1 amide bonds. The van der Waals surface area contributed by atoms with Gasteiger partial charge in [-0.1, -0.05) is 35.9 Å². The molecule has 0 saturated carbocycles. The quantitative estimate of drug-likeness (QED) is 0.610. The van der Waals surface area contributed by atoms with Gasteiger partial charge in [0.15, 0.2) is 0 Å². The first-order valence-electron chi connectivity index (χ1n) is 9.19. The monoisotopic (exact) mass is 399 g/mol. The summed E-state index contributed by atoms with van der Waals surface area (Å²) in [6.45, 7) is 2.46. The van der Waals surface area contributed by atoms with Gasteiger partial charge in [-0.25, -0.2) is 12.7 Å². The van der Waals surface area contributed by atoms with Crippen molar-refractivity contribution in [3.63, 3.8) is 0 Å². The van der Waals surface area contributed by atoms with Crippen LogP contribution < -0.4 is 5.32 Å². The molecular weight excluding hydrogens is 374 g/mol. The lowest BCUT2D eigenvalue weighted by Crippen LogP contribution is -2.34. The molecule has 0 spiro atoms. The number of hydrogen-bond acceptors (Lipinski definition) is 3. The summed E-state index contributed by atoms with van der Waals surface area (Å²) in [5.41, 5.74) is 3.91. The molecule has 2 aromatic carbocycles. The number of aromatic nitrogens is 1. The fourth-order valence-corrected chi connectivity index (χ4v) is 3.96. The van der Waals surface area contributed by atoms with Crippen molar-refractivity contribution in [1.29, 1.82) is 0 Å². The van der Waals surface area contributed by atoms with Crippen LogP contribution in [-0.4, -0.2) is 43.0 Å². The number of para-hydroxylation sites is 1. The van der Waals surface area contributed by atoms with Crippen LogP contribution in [0, 0.1) is 6.92 Å². The molecule has 0 radical (unpaired) electrons. The molecule has 2 N–H and O–H groups in total. The van der Waals surface area contributed by atoms with Crippen LogP contribution in [-0.2, 0) is 21.2 Å². The third-order valence-corrected chi connectivity index (χ3v) is 6.00. The molecule has 148 valence electrons. The van der Waals surface area contributed by atoms with E-state index in [-0.39, 0.29) is 18.9 Å². The van der Waals surface area contributed by atoms with Crippen molar-refractivity contribution in [2.24, 2.45) is 0 Å². The molecule has 3 rings (SSSR count).